The monoisotopic (exact) mass is 357 g/mol. The first kappa shape index (κ1) is 16.0. The van der Waals surface area contributed by atoms with E-state index in [0.29, 0.717) is 19.0 Å². The third kappa shape index (κ3) is 3.04. The molecule has 2 aromatic carbocycles. The minimum Gasteiger partial charge on any atom is -0.378 e. The van der Waals surface area contributed by atoms with Crippen molar-refractivity contribution in [3.8, 4) is 22.6 Å². The van der Waals surface area contributed by atoms with Crippen LogP contribution < -0.4 is 4.90 Å². The summed E-state index contributed by atoms with van der Waals surface area (Å²) in [6.45, 7) is 2.97. The van der Waals surface area contributed by atoms with Gasteiger partial charge in [0.25, 0.3) is 0 Å². The third-order valence-electron chi connectivity index (χ3n) is 4.70. The highest BCUT2D eigenvalue weighted by molar-refractivity contribution is 5.67. The van der Waals surface area contributed by atoms with Crippen LogP contribution in [0.4, 0.5) is 5.95 Å². The standard InChI is InChI=1S/C21H19N5O/c1-3-7-16(8-4-1)18-15-19-22-20(17-9-5-2-6-10-17)23-21(26(19)24-18)25-11-13-27-14-12-25/h1-10,15H,11-14H2. The molecule has 0 N–H and O–H groups in total. The Morgan fingerprint density at radius 3 is 2.15 bits per heavy atom. The van der Waals surface area contributed by atoms with Crippen molar-refractivity contribution < 1.29 is 4.74 Å². The molecule has 0 saturated carbocycles. The first-order valence-electron chi connectivity index (χ1n) is 9.10. The van der Waals surface area contributed by atoms with Gasteiger partial charge in [-0.15, -0.1) is 0 Å². The molecule has 6 heteroatoms. The number of anilines is 1. The molecule has 1 aliphatic rings. The minimum atomic E-state index is 0.693. The van der Waals surface area contributed by atoms with Crippen LogP contribution in [0.1, 0.15) is 0 Å². The second-order valence-electron chi connectivity index (χ2n) is 6.48. The van der Waals surface area contributed by atoms with Gasteiger partial charge in [0, 0.05) is 30.3 Å². The Hall–Kier alpha value is -3.25. The maximum absolute atomic E-state index is 5.51. The number of hydrogen-bond donors (Lipinski definition) is 0. The van der Waals surface area contributed by atoms with E-state index in [0.717, 1.165) is 41.5 Å². The number of nitrogens with zero attached hydrogens (tertiary/aromatic N) is 5. The fraction of sp³-hybridized carbons (Fsp3) is 0.190. The van der Waals surface area contributed by atoms with Gasteiger partial charge in [-0.1, -0.05) is 60.7 Å². The van der Waals surface area contributed by atoms with Crippen molar-refractivity contribution in [1.82, 2.24) is 19.6 Å². The van der Waals surface area contributed by atoms with Crippen molar-refractivity contribution in [2.24, 2.45) is 0 Å². The summed E-state index contributed by atoms with van der Waals surface area (Å²) in [4.78, 5) is 11.9. The zero-order chi connectivity index (χ0) is 18.1. The molecule has 1 saturated heterocycles. The summed E-state index contributed by atoms with van der Waals surface area (Å²) >= 11 is 0. The van der Waals surface area contributed by atoms with E-state index in [1.165, 1.54) is 0 Å². The predicted octanol–water partition coefficient (Wildman–Crippen LogP) is 3.29. The van der Waals surface area contributed by atoms with Crippen molar-refractivity contribution in [3.05, 3.63) is 66.7 Å². The normalized spacial score (nSPS) is 14.6. The van der Waals surface area contributed by atoms with Gasteiger partial charge in [0.15, 0.2) is 11.5 Å². The van der Waals surface area contributed by atoms with E-state index in [1.807, 2.05) is 59.1 Å². The van der Waals surface area contributed by atoms with Crippen LogP contribution in [0.15, 0.2) is 66.7 Å². The highest BCUT2D eigenvalue weighted by atomic mass is 16.5. The van der Waals surface area contributed by atoms with Crippen LogP contribution >= 0.6 is 0 Å². The van der Waals surface area contributed by atoms with Crippen LogP contribution in [0.25, 0.3) is 28.3 Å². The number of fused-ring (bicyclic) bond motifs is 1. The van der Waals surface area contributed by atoms with Crippen molar-refractivity contribution in [3.63, 3.8) is 0 Å². The van der Waals surface area contributed by atoms with Gasteiger partial charge in [0.05, 0.1) is 18.9 Å². The molecule has 6 nitrogen and oxygen atoms in total. The molecule has 5 rings (SSSR count). The van der Waals surface area contributed by atoms with E-state index in [1.54, 1.807) is 0 Å². The number of hydrogen-bond acceptors (Lipinski definition) is 5. The molecule has 2 aromatic heterocycles. The third-order valence-corrected chi connectivity index (χ3v) is 4.70. The molecule has 0 amide bonds. The number of aromatic nitrogens is 4. The summed E-state index contributed by atoms with van der Waals surface area (Å²) in [5.41, 5.74) is 3.75. The lowest BCUT2D eigenvalue weighted by molar-refractivity contribution is 0.122. The quantitative estimate of drug-likeness (QED) is 0.563. The zero-order valence-electron chi connectivity index (χ0n) is 14.8. The van der Waals surface area contributed by atoms with Gasteiger partial charge < -0.3 is 9.64 Å². The molecule has 0 aliphatic carbocycles. The lowest BCUT2D eigenvalue weighted by atomic mass is 10.2. The van der Waals surface area contributed by atoms with Crippen molar-refractivity contribution in [2.75, 3.05) is 31.2 Å². The van der Waals surface area contributed by atoms with Gasteiger partial charge in [-0.05, 0) is 0 Å². The van der Waals surface area contributed by atoms with Crippen molar-refractivity contribution >= 4 is 11.6 Å². The molecule has 0 radical (unpaired) electrons. The van der Waals surface area contributed by atoms with Crippen LogP contribution in [0.3, 0.4) is 0 Å². The fourth-order valence-electron chi connectivity index (χ4n) is 3.31. The molecule has 3 heterocycles. The highest BCUT2D eigenvalue weighted by Crippen LogP contribution is 2.25. The molecule has 0 spiro atoms. The second kappa shape index (κ2) is 6.81. The predicted molar refractivity (Wildman–Crippen MR) is 105 cm³/mol. The van der Waals surface area contributed by atoms with E-state index < -0.39 is 0 Å². The van der Waals surface area contributed by atoms with Gasteiger partial charge in [0.2, 0.25) is 5.95 Å². The van der Waals surface area contributed by atoms with Crippen LogP contribution in [-0.2, 0) is 4.74 Å². The Morgan fingerprint density at radius 2 is 1.44 bits per heavy atom. The smallest absolute Gasteiger partial charge is 0.230 e. The van der Waals surface area contributed by atoms with Crippen LogP contribution in [0, 0.1) is 0 Å². The molecule has 4 aromatic rings. The second-order valence-corrected chi connectivity index (χ2v) is 6.48. The van der Waals surface area contributed by atoms with Gasteiger partial charge in [-0.25, -0.2) is 4.98 Å². The zero-order valence-corrected chi connectivity index (χ0v) is 14.8. The molecular weight excluding hydrogens is 338 g/mol. The van der Waals surface area contributed by atoms with E-state index in [-0.39, 0.29) is 0 Å². The van der Waals surface area contributed by atoms with Gasteiger partial charge in [-0.3, -0.25) is 0 Å². The lowest BCUT2D eigenvalue weighted by Crippen LogP contribution is -2.38. The Balaban J connectivity index is 1.69. The van der Waals surface area contributed by atoms with Crippen molar-refractivity contribution in [1.29, 1.82) is 0 Å². The van der Waals surface area contributed by atoms with E-state index in [4.69, 9.17) is 19.8 Å². The van der Waals surface area contributed by atoms with Crippen molar-refractivity contribution in [2.45, 2.75) is 0 Å². The summed E-state index contributed by atoms with van der Waals surface area (Å²) in [5.74, 6) is 1.52. The Morgan fingerprint density at radius 1 is 0.778 bits per heavy atom. The minimum absolute atomic E-state index is 0.693. The topological polar surface area (TPSA) is 55.5 Å². The first-order chi connectivity index (χ1) is 13.4. The van der Waals surface area contributed by atoms with Crippen LogP contribution in [0.5, 0.6) is 0 Å². The summed E-state index contributed by atoms with van der Waals surface area (Å²) in [5, 5.41) is 4.80. The number of ether oxygens (including phenoxy) is 1. The van der Waals surface area contributed by atoms with Crippen LogP contribution in [-0.4, -0.2) is 45.9 Å². The molecule has 0 atom stereocenters. The van der Waals surface area contributed by atoms with Gasteiger partial charge in [-0.2, -0.15) is 14.6 Å². The Bertz CT molecular complexity index is 1060. The van der Waals surface area contributed by atoms with Crippen LogP contribution in [0.2, 0.25) is 0 Å². The average molecular weight is 357 g/mol. The van der Waals surface area contributed by atoms with E-state index in [2.05, 4.69) is 17.0 Å². The molecule has 0 unspecified atom stereocenters. The summed E-state index contributed by atoms with van der Waals surface area (Å²) in [6.07, 6.45) is 0. The van der Waals surface area contributed by atoms with E-state index in [9.17, 15) is 0 Å². The SMILES string of the molecule is c1ccc(-c2cc3nc(-c4ccccc4)nc(N4CCOCC4)n3n2)cc1. The number of rotatable bonds is 3. The summed E-state index contributed by atoms with van der Waals surface area (Å²) < 4.78 is 7.36. The largest absolute Gasteiger partial charge is 0.378 e. The molecule has 0 bridgehead atoms. The summed E-state index contributed by atoms with van der Waals surface area (Å²) in [6, 6.07) is 22.2. The van der Waals surface area contributed by atoms with E-state index >= 15 is 0 Å². The first-order valence-corrected chi connectivity index (χ1v) is 9.10. The molecule has 27 heavy (non-hydrogen) atoms. The summed E-state index contributed by atoms with van der Waals surface area (Å²) in [7, 11) is 0. The van der Waals surface area contributed by atoms with Gasteiger partial charge in [0.1, 0.15) is 0 Å². The maximum Gasteiger partial charge on any atom is 0.230 e. The Kier molecular flexibility index (Phi) is 4.03. The lowest BCUT2D eigenvalue weighted by Gasteiger charge is -2.27. The number of benzene rings is 2. The fourth-order valence-corrected chi connectivity index (χ4v) is 3.31. The van der Waals surface area contributed by atoms with Gasteiger partial charge >= 0.3 is 0 Å². The highest BCUT2D eigenvalue weighted by Gasteiger charge is 2.20. The Labute approximate surface area is 157 Å². The molecule has 1 aliphatic heterocycles. The number of morpholine rings is 1. The molecule has 134 valence electrons. The average Bonchev–Trinajstić information content (AvgIpc) is 3.19. The molecule has 1 fully saturated rings. The maximum atomic E-state index is 5.51. The molecular formula is C21H19N5O.